The van der Waals surface area contributed by atoms with Gasteiger partial charge in [0.25, 0.3) is 0 Å². The van der Waals surface area contributed by atoms with Crippen LogP contribution in [0.1, 0.15) is 11.7 Å². The van der Waals surface area contributed by atoms with E-state index in [9.17, 15) is 0 Å². The summed E-state index contributed by atoms with van der Waals surface area (Å²) in [5, 5.41) is 0. The monoisotopic (exact) mass is 340 g/mol. The molecule has 0 radical (unpaired) electrons. The third kappa shape index (κ3) is 10.7. The highest BCUT2D eigenvalue weighted by molar-refractivity contribution is 5.17. The normalized spacial score (nSPS) is 12.7. The van der Waals surface area contributed by atoms with Gasteiger partial charge < -0.3 is 29.6 Å². The van der Waals surface area contributed by atoms with Crippen molar-refractivity contribution in [2.45, 2.75) is 6.10 Å². The maximum atomic E-state index is 5.75. The smallest absolute Gasteiger partial charge is 0.0948 e. The molecule has 0 saturated heterocycles. The van der Waals surface area contributed by atoms with E-state index in [0.29, 0.717) is 46.2 Å². The fourth-order valence-corrected chi connectivity index (χ4v) is 2.01. The Hall–Kier alpha value is -1.02. The molecule has 1 aromatic carbocycles. The van der Waals surface area contributed by atoms with E-state index in [1.54, 1.807) is 0 Å². The second-order valence-corrected chi connectivity index (χ2v) is 5.65. The molecule has 0 fully saturated rings. The molecular formula is C18H32N2O4. The van der Waals surface area contributed by atoms with Gasteiger partial charge in [0.1, 0.15) is 0 Å². The summed E-state index contributed by atoms with van der Waals surface area (Å²) in [4.78, 5) is 2.09. The second kappa shape index (κ2) is 14.3. The number of rotatable bonds is 15. The first kappa shape index (κ1) is 21.0. The van der Waals surface area contributed by atoms with Crippen LogP contribution in [0.15, 0.2) is 30.3 Å². The van der Waals surface area contributed by atoms with Crippen LogP contribution in [-0.2, 0) is 18.9 Å². The molecule has 6 nitrogen and oxygen atoms in total. The molecule has 0 spiro atoms. The van der Waals surface area contributed by atoms with Crippen LogP contribution >= 0.6 is 0 Å². The fraction of sp³-hybridized carbons (Fsp3) is 0.667. The van der Waals surface area contributed by atoms with E-state index in [4.69, 9.17) is 24.7 Å². The van der Waals surface area contributed by atoms with Gasteiger partial charge in [-0.1, -0.05) is 30.3 Å². The maximum absolute atomic E-state index is 5.75. The molecule has 1 aromatic rings. The first-order valence-electron chi connectivity index (χ1n) is 8.48. The topological polar surface area (TPSA) is 66.2 Å². The van der Waals surface area contributed by atoms with Gasteiger partial charge in [-0.25, -0.2) is 0 Å². The summed E-state index contributed by atoms with van der Waals surface area (Å²) in [6.07, 6.45) is -0.0784. The predicted molar refractivity (Wildman–Crippen MR) is 95.2 cm³/mol. The van der Waals surface area contributed by atoms with Crippen molar-refractivity contribution in [3.05, 3.63) is 35.9 Å². The predicted octanol–water partition coefficient (Wildman–Crippen LogP) is 1.31. The molecule has 0 bridgehead atoms. The van der Waals surface area contributed by atoms with Crippen molar-refractivity contribution in [3.8, 4) is 0 Å². The van der Waals surface area contributed by atoms with Gasteiger partial charge in [0.2, 0.25) is 0 Å². The Balaban J connectivity index is 1.90. The van der Waals surface area contributed by atoms with E-state index in [1.807, 2.05) is 44.4 Å². The Bertz CT molecular complexity index is 390. The van der Waals surface area contributed by atoms with Gasteiger partial charge in [0.05, 0.1) is 52.4 Å². The molecular weight excluding hydrogens is 308 g/mol. The standard InChI is InChI=1S/C18H32N2O4/c1-20(2)8-9-21-10-11-22-12-13-23-14-15-24-18(16-19)17-6-4-3-5-7-17/h3-7,18H,8-16,19H2,1-2H3. The largest absolute Gasteiger partial charge is 0.378 e. The van der Waals surface area contributed by atoms with Crippen LogP contribution in [0.5, 0.6) is 0 Å². The SMILES string of the molecule is CN(C)CCOCCOCCOCCOC(CN)c1ccccc1. The molecule has 0 aliphatic heterocycles. The summed E-state index contributed by atoms with van der Waals surface area (Å²) in [5.74, 6) is 0. The van der Waals surface area contributed by atoms with Crippen LogP contribution in [0.4, 0.5) is 0 Å². The lowest BCUT2D eigenvalue weighted by Crippen LogP contribution is -2.20. The van der Waals surface area contributed by atoms with Crippen LogP contribution in [0, 0.1) is 0 Å². The van der Waals surface area contributed by atoms with Crippen LogP contribution in [0.25, 0.3) is 0 Å². The zero-order chi connectivity index (χ0) is 17.5. The zero-order valence-electron chi connectivity index (χ0n) is 15.0. The second-order valence-electron chi connectivity index (χ2n) is 5.65. The van der Waals surface area contributed by atoms with Gasteiger partial charge in [-0.05, 0) is 19.7 Å². The Morgan fingerprint density at radius 1 is 0.833 bits per heavy atom. The Morgan fingerprint density at radius 3 is 1.92 bits per heavy atom. The average Bonchev–Trinajstić information content (AvgIpc) is 2.59. The van der Waals surface area contributed by atoms with Crippen LogP contribution in [-0.4, -0.2) is 78.3 Å². The number of nitrogens with zero attached hydrogens (tertiary/aromatic N) is 1. The Labute approximate surface area is 145 Å². The number of hydrogen-bond acceptors (Lipinski definition) is 6. The molecule has 0 saturated carbocycles. The van der Waals surface area contributed by atoms with Gasteiger partial charge in [-0.15, -0.1) is 0 Å². The van der Waals surface area contributed by atoms with E-state index >= 15 is 0 Å². The van der Waals surface area contributed by atoms with Crippen molar-refractivity contribution in [1.29, 1.82) is 0 Å². The molecule has 6 heteroatoms. The molecule has 0 amide bonds. The summed E-state index contributed by atoms with van der Waals surface area (Å²) < 4.78 is 22.1. The lowest BCUT2D eigenvalue weighted by atomic mass is 10.1. The lowest BCUT2D eigenvalue weighted by molar-refractivity contribution is -0.0179. The number of ether oxygens (including phenoxy) is 4. The molecule has 1 atom stereocenters. The van der Waals surface area contributed by atoms with E-state index in [2.05, 4.69) is 4.90 Å². The minimum absolute atomic E-state index is 0.0784. The minimum atomic E-state index is -0.0784. The van der Waals surface area contributed by atoms with Gasteiger partial charge in [0.15, 0.2) is 0 Å². The van der Waals surface area contributed by atoms with Crippen LogP contribution in [0.3, 0.4) is 0 Å². The van der Waals surface area contributed by atoms with Gasteiger partial charge in [-0.2, -0.15) is 0 Å². The van der Waals surface area contributed by atoms with Crippen molar-refractivity contribution in [3.63, 3.8) is 0 Å². The Morgan fingerprint density at radius 2 is 1.38 bits per heavy atom. The van der Waals surface area contributed by atoms with Crippen molar-refractivity contribution < 1.29 is 18.9 Å². The number of hydrogen-bond donors (Lipinski definition) is 1. The van der Waals surface area contributed by atoms with Gasteiger partial charge in [-0.3, -0.25) is 0 Å². The average molecular weight is 340 g/mol. The summed E-state index contributed by atoms with van der Waals surface area (Å²) in [5.41, 5.74) is 6.85. The number of benzene rings is 1. The zero-order valence-corrected chi connectivity index (χ0v) is 15.0. The van der Waals surface area contributed by atoms with E-state index in [1.165, 1.54) is 0 Å². The van der Waals surface area contributed by atoms with Crippen molar-refractivity contribution in [2.24, 2.45) is 5.73 Å². The highest BCUT2D eigenvalue weighted by Crippen LogP contribution is 2.14. The lowest BCUT2D eigenvalue weighted by Gasteiger charge is -2.16. The summed E-state index contributed by atoms with van der Waals surface area (Å²) in [7, 11) is 4.05. The van der Waals surface area contributed by atoms with E-state index in [-0.39, 0.29) is 6.10 Å². The minimum Gasteiger partial charge on any atom is -0.378 e. The van der Waals surface area contributed by atoms with E-state index < -0.39 is 0 Å². The molecule has 0 aromatic heterocycles. The molecule has 138 valence electrons. The molecule has 1 rings (SSSR count). The molecule has 0 heterocycles. The van der Waals surface area contributed by atoms with Gasteiger partial charge >= 0.3 is 0 Å². The highest BCUT2D eigenvalue weighted by Gasteiger charge is 2.08. The van der Waals surface area contributed by atoms with E-state index in [0.717, 1.165) is 18.7 Å². The van der Waals surface area contributed by atoms with Crippen molar-refractivity contribution >= 4 is 0 Å². The molecule has 2 N–H and O–H groups in total. The third-order valence-corrected chi connectivity index (χ3v) is 3.36. The first-order chi connectivity index (χ1) is 11.7. The fourth-order valence-electron chi connectivity index (χ4n) is 2.01. The quantitative estimate of drug-likeness (QED) is 0.486. The Kier molecular flexibility index (Phi) is 12.6. The first-order valence-corrected chi connectivity index (χ1v) is 8.48. The summed E-state index contributed by atoms with van der Waals surface area (Å²) in [6, 6.07) is 9.99. The number of nitrogens with two attached hydrogens (primary N) is 1. The molecule has 0 aliphatic carbocycles. The van der Waals surface area contributed by atoms with Crippen molar-refractivity contribution in [2.75, 3.05) is 73.4 Å². The molecule has 24 heavy (non-hydrogen) atoms. The van der Waals surface area contributed by atoms with Crippen LogP contribution in [0.2, 0.25) is 0 Å². The molecule has 0 aliphatic rings. The highest BCUT2D eigenvalue weighted by atomic mass is 16.6. The third-order valence-electron chi connectivity index (χ3n) is 3.36. The van der Waals surface area contributed by atoms with Crippen molar-refractivity contribution in [1.82, 2.24) is 4.90 Å². The maximum Gasteiger partial charge on any atom is 0.0948 e. The van der Waals surface area contributed by atoms with Crippen LogP contribution < -0.4 is 5.73 Å². The summed E-state index contributed by atoms with van der Waals surface area (Å²) in [6.45, 7) is 5.50. The summed E-state index contributed by atoms with van der Waals surface area (Å²) >= 11 is 0. The number of likely N-dealkylation sites (N-methyl/N-ethyl adjacent to an activating group) is 1. The molecule has 1 unspecified atom stereocenters. The van der Waals surface area contributed by atoms with Gasteiger partial charge in [0, 0.05) is 13.1 Å².